The van der Waals surface area contributed by atoms with Gasteiger partial charge in [0.15, 0.2) is 0 Å². The second kappa shape index (κ2) is 4.32. The van der Waals surface area contributed by atoms with Crippen LogP contribution in [0.4, 0.5) is 5.69 Å². The zero-order valence-electron chi connectivity index (χ0n) is 10.6. The number of aromatic nitrogens is 2. The lowest BCUT2D eigenvalue weighted by Crippen LogP contribution is -2.41. The Morgan fingerprint density at radius 1 is 1.56 bits per heavy atom. The Kier molecular flexibility index (Phi) is 3.19. The van der Waals surface area contributed by atoms with Crippen molar-refractivity contribution in [2.75, 3.05) is 16.8 Å². The summed E-state index contributed by atoms with van der Waals surface area (Å²) in [6, 6.07) is 0.550. The number of aryl methyl sites for hydroxylation is 2. The summed E-state index contributed by atoms with van der Waals surface area (Å²) in [7, 11) is 1.97. The van der Waals surface area contributed by atoms with Crippen LogP contribution in [-0.2, 0) is 7.05 Å². The van der Waals surface area contributed by atoms with E-state index in [1.807, 2.05) is 23.5 Å². The van der Waals surface area contributed by atoms with Gasteiger partial charge in [-0.25, -0.2) is 0 Å². The fourth-order valence-electron chi connectivity index (χ4n) is 2.10. The van der Waals surface area contributed by atoms with Crippen molar-refractivity contribution in [1.29, 1.82) is 0 Å². The zero-order valence-corrected chi connectivity index (χ0v) is 11.4. The minimum absolute atomic E-state index is 0.382. The van der Waals surface area contributed by atoms with Crippen molar-refractivity contribution in [3.05, 3.63) is 11.9 Å². The predicted octanol–water partition coefficient (Wildman–Crippen LogP) is 2.67. The minimum atomic E-state index is 0.382. The predicted molar refractivity (Wildman–Crippen MR) is 71.1 cm³/mol. The molecule has 2 rings (SSSR count). The Labute approximate surface area is 102 Å². The molecule has 1 atom stereocenters. The molecule has 4 heteroatoms. The first-order chi connectivity index (χ1) is 7.49. The minimum Gasteiger partial charge on any atom is -0.378 e. The lowest BCUT2D eigenvalue weighted by Gasteiger charge is -2.39. The average Bonchev–Trinajstić information content (AvgIpc) is 2.49. The van der Waals surface area contributed by atoms with Gasteiger partial charge in [0.2, 0.25) is 0 Å². The van der Waals surface area contributed by atoms with Crippen molar-refractivity contribution in [3.63, 3.8) is 0 Å². The number of hydrogen-bond donors (Lipinski definition) is 1. The van der Waals surface area contributed by atoms with Crippen LogP contribution in [0.5, 0.6) is 0 Å². The molecule has 3 nitrogen and oxygen atoms in total. The third-order valence-corrected chi connectivity index (χ3v) is 4.52. The molecule has 2 heterocycles. The summed E-state index contributed by atoms with van der Waals surface area (Å²) in [4.78, 5) is 0. The van der Waals surface area contributed by atoms with E-state index in [1.165, 1.54) is 23.6 Å². The van der Waals surface area contributed by atoms with Crippen LogP contribution in [0.25, 0.3) is 0 Å². The van der Waals surface area contributed by atoms with Gasteiger partial charge in [-0.3, -0.25) is 4.68 Å². The van der Waals surface area contributed by atoms with Crippen LogP contribution in [0.15, 0.2) is 6.20 Å². The molecular weight excluding hydrogens is 218 g/mol. The van der Waals surface area contributed by atoms with Crippen LogP contribution in [-0.4, -0.2) is 27.3 Å². The van der Waals surface area contributed by atoms with Crippen molar-refractivity contribution in [1.82, 2.24) is 9.78 Å². The average molecular weight is 239 g/mol. The number of nitrogens with one attached hydrogen (secondary N) is 1. The summed E-state index contributed by atoms with van der Waals surface area (Å²) in [6.07, 6.45) is 3.36. The lowest BCUT2D eigenvalue weighted by atomic mass is 9.82. The second-order valence-electron chi connectivity index (χ2n) is 5.31. The molecule has 0 amide bonds. The smallest absolute Gasteiger partial charge is 0.0825 e. The fraction of sp³-hybridized carbons (Fsp3) is 0.750. The zero-order chi connectivity index (χ0) is 11.8. The molecule has 1 saturated heterocycles. The summed E-state index contributed by atoms with van der Waals surface area (Å²) in [5, 5.41) is 8.03. The summed E-state index contributed by atoms with van der Waals surface area (Å²) < 4.78 is 1.88. The molecule has 0 bridgehead atoms. The largest absolute Gasteiger partial charge is 0.378 e. The highest BCUT2D eigenvalue weighted by Gasteiger charge is 2.32. The van der Waals surface area contributed by atoms with Gasteiger partial charge in [0.1, 0.15) is 0 Å². The molecule has 1 aliphatic rings. The molecule has 1 aliphatic heterocycles. The van der Waals surface area contributed by atoms with E-state index in [4.69, 9.17) is 0 Å². The van der Waals surface area contributed by atoms with Crippen LogP contribution in [0.2, 0.25) is 0 Å². The van der Waals surface area contributed by atoms with Gasteiger partial charge in [0, 0.05) is 25.0 Å². The molecule has 1 aromatic heterocycles. The number of hydrogen-bond acceptors (Lipinski definition) is 3. The standard InChI is InChI=1S/C12H21N3S/c1-9-10(7-15(4)14-9)13-11-8-16-6-5-12(11,2)3/h7,11,13H,5-6,8H2,1-4H3. The van der Waals surface area contributed by atoms with Crippen molar-refractivity contribution >= 4 is 17.4 Å². The Morgan fingerprint density at radius 2 is 2.31 bits per heavy atom. The summed E-state index contributed by atoms with van der Waals surface area (Å²) in [5.74, 6) is 2.48. The van der Waals surface area contributed by atoms with Gasteiger partial charge in [-0.05, 0) is 24.5 Å². The highest BCUT2D eigenvalue weighted by molar-refractivity contribution is 7.99. The second-order valence-corrected chi connectivity index (χ2v) is 6.46. The van der Waals surface area contributed by atoms with Crippen molar-refractivity contribution in [3.8, 4) is 0 Å². The molecule has 16 heavy (non-hydrogen) atoms. The van der Waals surface area contributed by atoms with Crippen molar-refractivity contribution < 1.29 is 0 Å². The highest BCUT2D eigenvalue weighted by Crippen LogP contribution is 2.36. The first-order valence-electron chi connectivity index (χ1n) is 5.83. The Balaban J connectivity index is 2.11. The van der Waals surface area contributed by atoms with Crippen LogP contribution in [0.1, 0.15) is 26.0 Å². The molecule has 90 valence electrons. The van der Waals surface area contributed by atoms with E-state index >= 15 is 0 Å². The monoisotopic (exact) mass is 239 g/mol. The summed E-state index contributed by atoms with van der Waals surface area (Å²) in [6.45, 7) is 6.78. The molecule has 1 fully saturated rings. The normalized spacial score (nSPS) is 24.4. The summed E-state index contributed by atoms with van der Waals surface area (Å²) >= 11 is 2.05. The van der Waals surface area contributed by atoms with Gasteiger partial charge in [-0.1, -0.05) is 13.8 Å². The Bertz CT molecular complexity index is 370. The molecule has 0 spiro atoms. The van der Waals surface area contributed by atoms with E-state index in [1.54, 1.807) is 0 Å². The van der Waals surface area contributed by atoms with E-state index < -0.39 is 0 Å². The van der Waals surface area contributed by atoms with Crippen molar-refractivity contribution in [2.24, 2.45) is 12.5 Å². The number of nitrogens with zero attached hydrogens (tertiary/aromatic N) is 2. The van der Waals surface area contributed by atoms with Crippen LogP contribution >= 0.6 is 11.8 Å². The first kappa shape index (κ1) is 11.8. The van der Waals surface area contributed by atoms with Crippen LogP contribution in [0, 0.1) is 12.3 Å². The molecule has 0 saturated carbocycles. The Morgan fingerprint density at radius 3 is 2.88 bits per heavy atom. The maximum Gasteiger partial charge on any atom is 0.0825 e. The lowest BCUT2D eigenvalue weighted by molar-refractivity contribution is 0.305. The van der Waals surface area contributed by atoms with Crippen molar-refractivity contribution in [2.45, 2.75) is 33.2 Å². The number of rotatable bonds is 2. The van der Waals surface area contributed by atoms with Gasteiger partial charge < -0.3 is 5.32 Å². The van der Waals surface area contributed by atoms with Gasteiger partial charge in [-0.2, -0.15) is 16.9 Å². The number of anilines is 1. The molecule has 0 aliphatic carbocycles. The van der Waals surface area contributed by atoms with E-state index in [0.29, 0.717) is 11.5 Å². The SMILES string of the molecule is Cc1nn(C)cc1NC1CSCCC1(C)C. The van der Waals surface area contributed by atoms with Crippen LogP contribution in [0.3, 0.4) is 0 Å². The van der Waals surface area contributed by atoms with E-state index in [2.05, 4.69) is 37.4 Å². The van der Waals surface area contributed by atoms with E-state index in [9.17, 15) is 0 Å². The van der Waals surface area contributed by atoms with Gasteiger partial charge in [0.05, 0.1) is 11.4 Å². The third kappa shape index (κ3) is 2.37. The number of thioether (sulfide) groups is 1. The highest BCUT2D eigenvalue weighted by atomic mass is 32.2. The maximum absolute atomic E-state index is 4.37. The quantitative estimate of drug-likeness (QED) is 0.860. The molecule has 0 aromatic carbocycles. The van der Waals surface area contributed by atoms with E-state index in [0.717, 1.165) is 5.69 Å². The first-order valence-corrected chi connectivity index (χ1v) is 6.99. The molecule has 1 N–H and O–H groups in total. The Hall–Kier alpha value is -0.640. The van der Waals surface area contributed by atoms with E-state index in [-0.39, 0.29) is 0 Å². The molecule has 0 radical (unpaired) electrons. The van der Waals surface area contributed by atoms with Gasteiger partial charge >= 0.3 is 0 Å². The summed E-state index contributed by atoms with van der Waals surface area (Å²) in [5.41, 5.74) is 2.66. The molecule has 1 aromatic rings. The molecular formula is C12H21N3S. The van der Waals surface area contributed by atoms with Gasteiger partial charge in [0.25, 0.3) is 0 Å². The van der Waals surface area contributed by atoms with Crippen LogP contribution < -0.4 is 5.32 Å². The third-order valence-electron chi connectivity index (χ3n) is 3.46. The topological polar surface area (TPSA) is 29.9 Å². The molecule has 1 unspecified atom stereocenters. The van der Waals surface area contributed by atoms with Gasteiger partial charge in [-0.15, -0.1) is 0 Å². The maximum atomic E-state index is 4.37. The fourth-order valence-corrected chi connectivity index (χ4v) is 3.71.